The molecule has 1 unspecified atom stereocenters. The maximum absolute atomic E-state index is 12.6. The number of fused-ring (bicyclic) bond motifs is 1. The van der Waals surface area contributed by atoms with E-state index in [-0.39, 0.29) is 11.8 Å². The topological polar surface area (TPSA) is 70.8 Å². The van der Waals surface area contributed by atoms with Gasteiger partial charge in [0, 0.05) is 17.0 Å². The summed E-state index contributed by atoms with van der Waals surface area (Å²) in [5.74, 6) is -2.32. The Morgan fingerprint density at radius 2 is 2.00 bits per heavy atom. The van der Waals surface area contributed by atoms with Gasteiger partial charge in [0.2, 0.25) is 0 Å². The minimum absolute atomic E-state index is 0.189. The maximum Gasteiger partial charge on any atom is 0.308 e. The Hall–Kier alpha value is -1.85. The second kappa shape index (κ2) is 4.86. The molecule has 1 saturated carbocycles. The van der Waals surface area contributed by atoms with E-state index in [1.54, 1.807) is 37.2 Å². The highest BCUT2D eigenvalue weighted by molar-refractivity contribution is 6.35. The van der Waals surface area contributed by atoms with Crippen LogP contribution in [0.15, 0.2) is 28.9 Å². The predicted octanol–water partition coefficient (Wildman–Crippen LogP) is 2.53. The van der Waals surface area contributed by atoms with Gasteiger partial charge in [0.1, 0.15) is 0 Å². The molecule has 0 aliphatic heterocycles. The van der Waals surface area contributed by atoms with E-state index in [0.29, 0.717) is 16.2 Å². The zero-order valence-electron chi connectivity index (χ0n) is 11.5. The average molecular weight is 308 g/mol. The molecule has 1 aliphatic rings. The first-order valence-electron chi connectivity index (χ1n) is 6.52. The number of benzene rings is 1. The number of carbonyl (C=O) groups is 2. The highest BCUT2D eigenvalue weighted by atomic mass is 35.5. The van der Waals surface area contributed by atoms with Crippen LogP contribution in [0.2, 0.25) is 5.02 Å². The number of furan rings is 1. The van der Waals surface area contributed by atoms with Crippen molar-refractivity contribution in [3.8, 4) is 0 Å². The van der Waals surface area contributed by atoms with Gasteiger partial charge in [-0.05, 0) is 32.3 Å². The Morgan fingerprint density at radius 3 is 2.57 bits per heavy atom. The number of Topliss-reactive ketones (excluding diaryl/α,β-unsaturated/α-hetero) is 1. The van der Waals surface area contributed by atoms with Crippen LogP contribution in [0, 0.1) is 11.8 Å². The molecule has 1 aliphatic carbocycles. The third-order valence-corrected chi connectivity index (χ3v) is 4.24. The van der Waals surface area contributed by atoms with E-state index in [9.17, 15) is 14.7 Å². The number of aliphatic carboxylic acids is 1. The quantitative estimate of drug-likeness (QED) is 0.879. The molecule has 0 radical (unpaired) electrons. The van der Waals surface area contributed by atoms with Gasteiger partial charge < -0.3 is 14.4 Å². The standard InChI is InChI=1S/C15H14ClNO4/c1-17(2)12-10(11(12)15(19)20)13(18)8-5-7-3-4-21-14(7)9(16)6-8/h3-6,10-12H,1-2H3,(H,19,20)/t10-,11-,12?/m1/s1. The van der Waals surface area contributed by atoms with Crippen LogP contribution in [0.25, 0.3) is 11.0 Å². The zero-order chi connectivity index (χ0) is 15.3. The summed E-state index contributed by atoms with van der Waals surface area (Å²) in [6.45, 7) is 0. The van der Waals surface area contributed by atoms with Gasteiger partial charge >= 0.3 is 5.97 Å². The number of hydrogen-bond donors (Lipinski definition) is 1. The largest absolute Gasteiger partial charge is 0.481 e. The molecule has 2 aromatic rings. The lowest BCUT2D eigenvalue weighted by Gasteiger charge is -2.08. The lowest BCUT2D eigenvalue weighted by molar-refractivity contribution is -0.139. The Labute approximate surface area is 126 Å². The second-order valence-electron chi connectivity index (χ2n) is 5.51. The second-order valence-corrected chi connectivity index (χ2v) is 5.91. The van der Waals surface area contributed by atoms with Crippen LogP contribution in [-0.2, 0) is 4.79 Å². The highest BCUT2D eigenvalue weighted by Crippen LogP contribution is 2.45. The van der Waals surface area contributed by atoms with E-state index in [4.69, 9.17) is 16.0 Å². The molecule has 1 fully saturated rings. The van der Waals surface area contributed by atoms with Gasteiger partial charge in [-0.25, -0.2) is 0 Å². The summed E-state index contributed by atoms with van der Waals surface area (Å²) >= 11 is 6.10. The van der Waals surface area contributed by atoms with Gasteiger partial charge in [-0.1, -0.05) is 11.6 Å². The summed E-state index contributed by atoms with van der Waals surface area (Å²) in [5, 5.41) is 10.3. The Bertz CT molecular complexity index is 736. The smallest absolute Gasteiger partial charge is 0.308 e. The van der Waals surface area contributed by atoms with Gasteiger partial charge in [0.15, 0.2) is 11.4 Å². The Balaban J connectivity index is 1.95. The first kappa shape index (κ1) is 14.1. The van der Waals surface area contributed by atoms with E-state index in [1.807, 2.05) is 0 Å². The van der Waals surface area contributed by atoms with Gasteiger partial charge in [-0.2, -0.15) is 0 Å². The third-order valence-electron chi connectivity index (χ3n) is 3.96. The fourth-order valence-corrected chi connectivity index (χ4v) is 3.20. The number of hydrogen-bond acceptors (Lipinski definition) is 4. The van der Waals surface area contributed by atoms with E-state index in [2.05, 4.69) is 0 Å². The van der Waals surface area contributed by atoms with Crippen molar-refractivity contribution in [2.45, 2.75) is 6.04 Å². The summed E-state index contributed by atoms with van der Waals surface area (Å²) in [6, 6.07) is 4.69. The molecular formula is C15H14ClNO4. The highest BCUT2D eigenvalue weighted by Gasteiger charge is 2.60. The first-order chi connectivity index (χ1) is 9.91. The maximum atomic E-state index is 12.6. The summed E-state index contributed by atoms with van der Waals surface area (Å²) < 4.78 is 5.23. The van der Waals surface area contributed by atoms with Crippen LogP contribution in [0.1, 0.15) is 10.4 Å². The fourth-order valence-electron chi connectivity index (χ4n) is 2.93. The molecule has 0 saturated heterocycles. The molecular weight excluding hydrogens is 294 g/mol. The molecule has 6 heteroatoms. The fraction of sp³-hybridized carbons (Fsp3) is 0.333. The van der Waals surface area contributed by atoms with Crippen molar-refractivity contribution in [2.75, 3.05) is 14.1 Å². The van der Waals surface area contributed by atoms with Crippen molar-refractivity contribution in [1.82, 2.24) is 4.90 Å². The molecule has 0 spiro atoms. The number of carboxylic acid groups (broad SMARTS) is 1. The lowest BCUT2D eigenvalue weighted by Crippen LogP contribution is -2.20. The molecule has 1 N–H and O–H groups in total. The molecule has 1 heterocycles. The number of nitrogens with zero attached hydrogens (tertiary/aromatic N) is 1. The van der Waals surface area contributed by atoms with Gasteiger partial charge in [0.25, 0.3) is 0 Å². The summed E-state index contributed by atoms with van der Waals surface area (Å²) in [5.41, 5.74) is 0.956. The minimum Gasteiger partial charge on any atom is -0.481 e. The zero-order valence-corrected chi connectivity index (χ0v) is 12.3. The predicted molar refractivity (Wildman–Crippen MR) is 77.6 cm³/mol. The van der Waals surface area contributed by atoms with E-state index in [1.165, 1.54) is 6.26 Å². The van der Waals surface area contributed by atoms with E-state index >= 15 is 0 Å². The average Bonchev–Trinajstić information content (AvgIpc) is 3.00. The van der Waals surface area contributed by atoms with Crippen LogP contribution in [0.4, 0.5) is 0 Å². The summed E-state index contributed by atoms with van der Waals surface area (Å²) in [6.07, 6.45) is 1.50. The molecule has 0 amide bonds. The molecule has 1 aromatic carbocycles. The minimum atomic E-state index is -0.942. The van der Waals surface area contributed by atoms with Crippen LogP contribution in [0.3, 0.4) is 0 Å². The molecule has 0 bridgehead atoms. The van der Waals surface area contributed by atoms with Gasteiger partial charge in [-0.15, -0.1) is 0 Å². The normalized spacial score (nSPS) is 24.5. The summed E-state index contributed by atoms with van der Waals surface area (Å²) in [4.78, 5) is 25.6. The molecule has 21 heavy (non-hydrogen) atoms. The number of carboxylic acids is 1. The van der Waals surface area contributed by atoms with Gasteiger partial charge in [-0.3, -0.25) is 9.59 Å². The Morgan fingerprint density at radius 1 is 1.29 bits per heavy atom. The van der Waals surface area contributed by atoms with E-state index in [0.717, 1.165) is 5.39 Å². The van der Waals surface area contributed by atoms with Crippen LogP contribution < -0.4 is 0 Å². The van der Waals surface area contributed by atoms with Crippen molar-refractivity contribution in [2.24, 2.45) is 11.8 Å². The molecule has 3 rings (SSSR count). The molecule has 3 atom stereocenters. The van der Waals surface area contributed by atoms with Crippen molar-refractivity contribution < 1.29 is 19.1 Å². The van der Waals surface area contributed by atoms with E-state index < -0.39 is 17.8 Å². The van der Waals surface area contributed by atoms with Crippen LogP contribution in [0.5, 0.6) is 0 Å². The van der Waals surface area contributed by atoms with Gasteiger partial charge in [0.05, 0.1) is 23.1 Å². The lowest BCUT2D eigenvalue weighted by atomic mass is 10.0. The summed E-state index contributed by atoms with van der Waals surface area (Å²) in [7, 11) is 3.56. The first-order valence-corrected chi connectivity index (χ1v) is 6.90. The monoisotopic (exact) mass is 307 g/mol. The number of halogens is 1. The van der Waals surface area contributed by atoms with Crippen molar-refractivity contribution in [3.63, 3.8) is 0 Å². The molecule has 110 valence electrons. The van der Waals surface area contributed by atoms with Crippen molar-refractivity contribution in [1.29, 1.82) is 0 Å². The Kier molecular flexibility index (Phi) is 3.26. The number of rotatable bonds is 4. The van der Waals surface area contributed by atoms with Crippen molar-refractivity contribution >= 4 is 34.3 Å². The number of ketones is 1. The van der Waals surface area contributed by atoms with Crippen LogP contribution >= 0.6 is 11.6 Å². The third kappa shape index (κ3) is 2.22. The molecule has 5 nitrogen and oxygen atoms in total. The van der Waals surface area contributed by atoms with Crippen molar-refractivity contribution in [3.05, 3.63) is 35.0 Å². The number of carbonyl (C=O) groups excluding carboxylic acids is 1. The SMILES string of the molecule is CN(C)C1[C@H](C(=O)O)[C@H]1C(=O)c1cc(Cl)c2occc2c1. The van der Waals surface area contributed by atoms with Crippen LogP contribution in [-0.4, -0.2) is 41.9 Å². The molecule has 1 aromatic heterocycles.